The van der Waals surface area contributed by atoms with E-state index in [1.54, 1.807) is 0 Å². The topological polar surface area (TPSA) is 9.86 Å². The second kappa shape index (κ2) is 9.86. The lowest BCUT2D eigenvalue weighted by Gasteiger charge is -2.12. The molecule has 206 valence electrons. The van der Waals surface area contributed by atoms with Crippen LogP contribution in [-0.4, -0.2) is 9.13 Å². The highest BCUT2D eigenvalue weighted by molar-refractivity contribution is 6.24. The number of fused-ring (bicyclic) bond motifs is 7. The van der Waals surface area contributed by atoms with Gasteiger partial charge in [-0.05, 0) is 70.8 Å². The Morgan fingerprint density at radius 2 is 0.636 bits per heavy atom. The lowest BCUT2D eigenvalue weighted by molar-refractivity contribution is 1.15. The smallest absolute Gasteiger partial charge is 0.0788 e. The van der Waals surface area contributed by atoms with Gasteiger partial charge in [0.05, 0.1) is 22.1 Å². The molecule has 0 amide bonds. The van der Waals surface area contributed by atoms with Crippen LogP contribution in [0.3, 0.4) is 0 Å². The third-order valence-corrected chi connectivity index (χ3v) is 8.90. The summed E-state index contributed by atoms with van der Waals surface area (Å²) in [4.78, 5) is 0. The zero-order chi connectivity index (χ0) is 29.0. The van der Waals surface area contributed by atoms with Gasteiger partial charge in [0.1, 0.15) is 0 Å². The molecule has 0 bridgehead atoms. The van der Waals surface area contributed by atoms with Gasteiger partial charge < -0.3 is 9.13 Å². The van der Waals surface area contributed by atoms with E-state index in [0.29, 0.717) is 0 Å². The van der Waals surface area contributed by atoms with E-state index in [4.69, 9.17) is 0 Å². The summed E-state index contributed by atoms with van der Waals surface area (Å²) in [6.45, 7) is 0. The molecular weight excluding hydrogens is 532 g/mol. The fourth-order valence-electron chi connectivity index (χ4n) is 6.91. The maximum atomic E-state index is 2.46. The van der Waals surface area contributed by atoms with Crippen molar-refractivity contribution in [3.05, 3.63) is 170 Å². The Morgan fingerprint density at radius 3 is 1.02 bits per heavy atom. The quantitative estimate of drug-likeness (QED) is 0.203. The van der Waals surface area contributed by atoms with Crippen LogP contribution in [0.25, 0.3) is 77.2 Å². The molecule has 0 spiro atoms. The SMILES string of the molecule is c1ccc(-c2ccc3c(c2)c2ccc4c5cc(-c6ccccc6)ccc5n(-c5ccccc5)c4c2n3-c2ccccc2)cc1. The number of rotatable bonds is 4. The summed E-state index contributed by atoms with van der Waals surface area (Å²) >= 11 is 0. The number of para-hydroxylation sites is 2. The van der Waals surface area contributed by atoms with Gasteiger partial charge in [0.15, 0.2) is 0 Å². The predicted molar refractivity (Wildman–Crippen MR) is 186 cm³/mol. The molecule has 2 heteroatoms. The lowest BCUT2D eigenvalue weighted by Crippen LogP contribution is -1.98. The Hall–Kier alpha value is -5.86. The molecule has 0 saturated carbocycles. The van der Waals surface area contributed by atoms with Crippen molar-refractivity contribution < 1.29 is 0 Å². The van der Waals surface area contributed by atoms with Gasteiger partial charge >= 0.3 is 0 Å². The van der Waals surface area contributed by atoms with E-state index >= 15 is 0 Å². The van der Waals surface area contributed by atoms with Crippen LogP contribution in [0.15, 0.2) is 170 Å². The maximum absolute atomic E-state index is 2.46. The van der Waals surface area contributed by atoms with Crippen molar-refractivity contribution in [1.29, 1.82) is 0 Å². The summed E-state index contributed by atoms with van der Waals surface area (Å²) < 4.78 is 4.91. The van der Waals surface area contributed by atoms with Gasteiger partial charge in [0.2, 0.25) is 0 Å². The molecule has 0 radical (unpaired) electrons. The van der Waals surface area contributed by atoms with Gasteiger partial charge in [-0.25, -0.2) is 0 Å². The Labute approximate surface area is 255 Å². The number of hydrogen-bond acceptors (Lipinski definition) is 0. The highest BCUT2D eigenvalue weighted by atomic mass is 15.0. The molecule has 0 unspecified atom stereocenters. The van der Waals surface area contributed by atoms with E-state index in [1.165, 1.54) is 65.9 Å². The molecule has 7 aromatic carbocycles. The second-order valence-electron chi connectivity index (χ2n) is 11.4. The van der Waals surface area contributed by atoms with E-state index in [2.05, 4.69) is 179 Å². The molecule has 0 saturated heterocycles. The molecule has 0 aliphatic rings. The maximum Gasteiger partial charge on any atom is 0.0788 e. The van der Waals surface area contributed by atoms with Crippen LogP contribution in [-0.2, 0) is 0 Å². The summed E-state index contributed by atoms with van der Waals surface area (Å²) in [5.74, 6) is 0. The largest absolute Gasteiger partial charge is 0.307 e. The van der Waals surface area contributed by atoms with Crippen molar-refractivity contribution >= 4 is 43.6 Å². The van der Waals surface area contributed by atoms with Crippen molar-refractivity contribution in [1.82, 2.24) is 9.13 Å². The molecule has 0 aliphatic heterocycles. The minimum absolute atomic E-state index is 1.15. The predicted octanol–water partition coefficient (Wildman–Crippen LogP) is 11.2. The van der Waals surface area contributed by atoms with Crippen LogP contribution in [0, 0.1) is 0 Å². The first-order chi connectivity index (χ1) is 21.8. The van der Waals surface area contributed by atoms with Crippen LogP contribution < -0.4 is 0 Å². The van der Waals surface area contributed by atoms with Gasteiger partial charge in [-0.2, -0.15) is 0 Å². The fraction of sp³-hybridized carbons (Fsp3) is 0. The third-order valence-electron chi connectivity index (χ3n) is 8.90. The molecule has 0 N–H and O–H groups in total. The van der Waals surface area contributed by atoms with Crippen LogP contribution in [0.2, 0.25) is 0 Å². The van der Waals surface area contributed by atoms with Gasteiger partial charge in [-0.3, -0.25) is 0 Å². The van der Waals surface area contributed by atoms with Gasteiger partial charge in [-0.1, -0.05) is 121 Å². The van der Waals surface area contributed by atoms with Crippen molar-refractivity contribution in [3.63, 3.8) is 0 Å². The van der Waals surface area contributed by atoms with Crippen LogP contribution >= 0.6 is 0 Å². The van der Waals surface area contributed by atoms with E-state index < -0.39 is 0 Å². The minimum Gasteiger partial charge on any atom is -0.307 e. The Morgan fingerprint density at radius 1 is 0.273 bits per heavy atom. The second-order valence-corrected chi connectivity index (χ2v) is 11.4. The van der Waals surface area contributed by atoms with E-state index in [0.717, 1.165) is 11.4 Å². The fourth-order valence-corrected chi connectivity index (χ4v) is 6.91. The molecule has 0 aliphatic carbocycles. The minimum atomic E-state index is 1.15. The number of hydrogen-bond donors (Lipinski definition) is 0. The molecule has 9 aromatic rings. The van der Waals surface area contributed by atoms with Crippen molar-refractivity contribution in [2.24, 2.45) is 0 Å². The first-order valence-corrected chi connectivity index (χ1v) is 15.1. The molecular formula is C42H28N2. The number of nitrogens with zero attached hydrogens (tertiary/aromatic N) is 2. The summed E-state index contributed by atoms with van der Waals surface area (Å²) in [7, 11) is 0. The molecule has 0 atom stereocenters. The average molecular weight is 561 g/mol. The molecule has 2 nitrogen and oxygen atoms in total. The van der Waals surface area contributed by atoms with Gasteiger partial charge in [0, 0.05) is 32.9 Å². The van der Waals surface area contributed by atoms with Crippen LogP contribution in [0.5, 0.6) is 0 Å². The molecule has 2 aromatic heterocycles. The van der Waals surface area contributed by atoms with E-state index in [-0.39, 0.29) is 0 Å². The van der Waals surface area contributed by atoms with Crippen LogP contribution in [0.4, 0.5) is 0 Å². The highest BCUT2D eigenvalue weighted by Crippen LogP contribution is 2.43. The Kier molecular flexibility index (Phi) is 5.54. The monoisotopic (exact) mass is 560 g/mol. The first-order valence-electron chi connectivity index (χ1n) is 15.1. The van der Waals surface area contributed by atoms with Crippen molar-refractivity contribution in [2.45, 2.75) is 0 Å². The first kappa shape index (κ1) is 24.7. The van der Waals surface area contributed by atoms with E-state index in [1.807, 2.05) is 0 Å². The molecule has 0 fully saturated rings. The number of aromatic nitrogens is 2. The van der Waals surface area contributed by atoms with E-state index in [9.17, 15) is 0 Å². The molecule has 9 rings (SSSR count). The standard InChI is InChI=1S/C42H28N2/c1-5-13-29(14-6-1)31-21-25-39-37(27-31)35-23-24-36-38-28-32(30-15-7-2-8-16-30)22-26-40(38)44(34-19-11-4-12-20-34)42(36)41(35)43(39)33-17-9-3-10-18-33/h1-28H. The Bertz CT molecular complexity index is 2280. The molecule has 44 heavy (non-hydrogen) atoms. The average Bonchev–Trinajstić information content (AvgIpc) is 3.62. The highest BCUT2D eigenvalue weighted by Gasteiger charge is 2.22. The Balaban J connectivity index is 1.47. The summed E-state index contributed by atoms with van der Waals surface area (Å²) in [6, 6.07) is 61.4. The van der Waals surface area contributed by atoms with Crippen LogP contribution in [0.1, 0.15) is 0 Å². The lowest BCUT2D eigenvalue weighted by atomic mass is 10.0. The van der Waals surface area contributed by atoms with Crippen molar-refractivity contribution in [3.8, 4) is 33.6 Å². The molecule has 2 heterocycles. The summed E-state index contributed by atoms with van der Waals surface area (Å²) in [5, 5.41) is 5.00. The zero-order valence-corrected chi connectivity index (χ0v) is 24.1. The zero-order valence-electron chi connectivity index (χ0n) is 24.1. The normalized spacial score (nSPS) is 11.6. The van der Waals surface area contributed by atoms with Crippen molar-refractivity contribution in [2.75, 3.05) is 0 Å². The summed E-state index contributed by atoms with van der Waals surface area (Å²) in [6.07, 6.45) is 0. The van der Waals surface area contributed by atoms with Gasteiger partial charge in [-0.15, -0.1) is 0 Å². The summed E-state index contributed by atoms with van der Waals surface area (Å²) in [5.41, 5.74) is 12.0. The third kappa shape index (κ3) is 3.75. The number of benzene rings is 7. The van der Waals surface area contributed by atoms with Gasteiger partial charge in [0.25, 0.3) is 0 Å².